The maximum atomic E-state index is 12.6. The summed E-state index contributed by atoms with van der Waals surface area (Å²) in [5.74, 6) is 0.649. The Morgan fingerprint density at radius 2 is 1.88 bits per heavy atom. The Morgan fingerprint density at radius 3 is 2.69 bits per heavy atom. The van der Waals surface area contributed by atoms with Gasteiger partial charge >= 0.3 is 0 Å². The zero-order valence-electron chi connectivity index (χ0n) is 14.9. The molecule has 132 valence electrons. The molecule has 4 rings (SSSR count). The molecule has 3 aromatic rings. The molecule has 2 heterocycles. The number of carbonyl (C=O) groups excluding carboxylic acids is 1. The van der Waals surface area contributed by atoms with Gasteiger partial charge in [-0.25, -0.2) is 4.98 Å². The van der Waals surface area contributed by atoms with Gasteiger partial charge in [0.15, 0.2) is 0 Å². The molecule has 0 radical (unpaired) electrons. The van der Waals surface area contributed by atoms with E-state index in [-0.39, 0.29) is 12.0 Å². The van der Waals surface area contributed by atoms with E-state index in [9.17, 15) is 4.79 Å². The standard InChI is InChI=1S/C21H21N3O2/c1-23(2)17-8-5-7-16(12-17)21(25)24-13-18(14-24)26-20-11-10-15-6-3-4-9-19(15)22-20/h3-12,18H,13-14H2,1-2H3. The molecular formula is C21H21N3O2. The van der Waals surface area contributed by atoms with Crippen molar-refractivity contribution in [3.8, 4) is 5.88 Å². The lowest BCUT2D eigenvalue weighted by molar-refractivity contribution is 0.0161. The largest absolute Gasteiger partial charge is 0.471 e. The zero-order valence-corrected chi connectivity index (χ0v) is 14.9. The van der Waals surface area contributed by atoms with E-state index in [0.29, 0.717) is 24.5 Å². The lowest BCUT2D eigenvalue weighted by Gasteiger charge is -2.38. The summed E-state index contributed by atoms with van der Waals surface area (Å²) in [6, 6.07) is 19.5. The molecule has 1 fully saturated rings. The van der Waals surface area contributed by atoms with Crippen LogP contribution in [0.1, 0.15) is 10.4 Å². The first-order valence-electron chi connectivity index (χ1n) is 8.69. The first-order chi connectivity index (χ1) is 12.6. The number of carbonyl (C=O) groups is 1. The minimum absolute atomic E-state index is 0.00959. The average molecular weight is 347 g/mol. The second kappa shape index (κ2) is 6.67. The molecule has 5 nitrogen and oxygen atoms in total. The summed E-state index contributed by atoms with van der Waals surface area (Å²) in [6.45, 7) is 1.17. The summed E-state index contributed by atoms with van der Waals surface area (Å²) < 4.78 is 5.92. The summed E-state index contributed by atoms with van der Waals surface area (Å²) in [5.41, 5.74) is 2.64. The fraction of sp³-hybridized carbons (Fsp3) is 0.238. The van der Waals surface area contributed by atoms with Crippen LogP contribution in [-0.2, 0) is 0 Å². The number of amides is 1. The van der Waals surface area contributed by atoms with Gasteiger partial charge in [-0.05, 0) is 30.3 Å². The van der Waals surface area contributed by atoms with Gasteiger partial charge in [-0.1, -0.05) is 24.3 Å². The molecule has 0 bridgehead atoms. The molecule has 1 saturated heterocycles. The minimum atomic E-state index is -0.00959. The van der Waals surface area contributed by atoms with E-state index in [4.69, 9.17) is 4.74 Å². The van der Waals surface area contributed by atoms with Crippen molar-refractivity contribution in [3.05, 3.63) is 66.2 Å². The number of likely N-dealkylation sites (tertiary alicyclic amines) is 1. The average Bonchev–Trinajstić information content (AvgIpc) is 2.63. The van der Waals surface area contributed by atoms with Crippen LogP contribution in [-0.4, -0.2) is 49.1 Å². The second-order valence-corrected chi connectivity index (χ2v) is 6.74. The fourth-order valence-electron chi connectivity index (χ4n) is 3.06. The van der Waals surface area contributed by atoms with Crippen LogP contribution in [0, 0.1) is 0 Å². The van der Waals surface area contributed by atoms with Crippen molar-refractivity contribution in [2.75, 3.05) is 32.1 Å². The van der Waals surface area contributed by atoms with E-state index in [2.05, 4.69) is 4.98 Å². The van der Waals surface area contributed by atoms with Crippen LogP contribution in [0.2, 0.25) is 0 Å². The quantitative estimate of drug-likeness (QED) is 0.727. The van der Waals surface area contributed by atoms with Crippen LogP contribution in [0.5, 0.6) is 5.88 Å². The van der Waals surface area contributed by atoms with E-state index in [1.807, 2.05) is 79.7 Å². The highest BCUT2D eigenvalue weighted by molar-refractivity contribution is 5.95. The molecule has 1 amide bonds. The van der Waals surface area contributed by atoms with Crippen LogP contribution in [0.25, 0.3) is 10.9 Å². The molecular weight excluding hydrogens is 326 g/mol. The SMILES string of the molecule is CN(C)c1cccc(C(=O)N2CC(Oc3ccc4ccccc4n3)C2)c1. The molecule has 1 aliphatic heterocycles. The summed E-state index contributed by atoms with van der Waals surface area (Å²) >= 11 is 0. The van der Waals surface area contributed by atoms with Gasteiger partial charge in [0.25, 0.3) is 5.91 Å². The van der Waals surface area contributed by atoms with Crippen molar-refractivity contribution in [2.24, 2.45) is 0 Å². The third-order valence-electron chi connectivity index (χ3n) is 4.61. The number of rotatable bonds is 4. The number of anilines is 1. The van der Waals surface area contributed by atoms with Gasteiger partial charge in [0.1, 0.15) is 6.10 Å². The molecule has 0 aliphatic carbocycles. The Morgan fingerprint density at radius 1 is 1.08 bits per heavy atom. The van der Waals surface area contributed by atoms with Crippen molar-refractivity contribution in [1.82, 2.24) is 9.88 Å². The third kappa shape index (κ3) is 3.20. The number of hydrogen-bond acceptors (Lipinski definition) is 4. The second-order valence-electron chi connectivity index (χ2n) is 6.74. The number of fused-ring (bicyclic) bond motifs is 1. The van der Waals surface area contributed by atoms with Crippen LogP contribution in [0.4, 0.5) is 5.69 Å². The van der Waals surface area contributed by atoms with Crippen LogP contribution < -0.4 is 9.64 Å². The van der Waals surface area contributed by atoms with Crippen molar-refractivity contribution >= 4 is 22.5 Å². The molecule has 0 atom stereocenters. The van der Waals surface area contributed by atoms with Crippen LogP contribution in [0.3, 0.4) is 0 Å². The predicted octanol–water partition coefficient (Wildman–Crippen LogP) is 3.20. The number of para-hydroxylation sites is 1. The highest BCUT2D eigenvalue weighted by Crippen LogP contribution is 2.22. The number of benzene rings is 2. The summed E-state index contributed by atoms with van der Waals surface area (Å²) in [6.07, 6.45) is -0.00959. The van der Waals surface area contributed by atoms with E-state index in [1.54, 1.807) is 4.90 Å². The summed E-state index contributed by atoms with van der Waals surface area (Å²) in [5, 5.41) is 1.09. The normalized spacial score (nSPS) is 14.2. The molecule has 1 aliphatic rings. The lowest BCUT2D eigenvalue weighted by atomic mass is 10.1. The van der Waals surface area contributed by atoms with Crippen molar-refractivity contribution in [1.29, 1.82) is 0 Å². The number of aromatic nitrogens is 1. The summed E-state index contributed by atoms with van der Waals surface area (Å²) in [4.78, 5) is 20.9. The molecule has 0 saturated carbocycles. The number of hydrogen-bond donors (Lipinski definition) is 0. The molecule has 0 N–H and O–H groups in total. The molecule has 26 heavy (non-hydrogen) atoms. The highest BCUT2D eigenvalue weighted by Gasteiger charge is 2.33. The van der Waals surface area contributed by atoms with Crippen molar-refractivity contribution in [2.45, 2.75) is 6.10 Å². The fourth-order valence-corrected chi connectivity index (χ4v) is 3.06. The smallest absolute Gasteiger partial charge is 0.254 e. The van der Waals surface area contributed by atoms with Gasteiger partial charge in [-0.2, -0.15) is 0 Å². The predicted molar refractivity (Wildman–Crippen MR) is 103 cm³/mol. The monoisotopic (exact) mass is 347 g/mol. The Hall–Kier alpha value is -3.08. The Bertz CT molecular complexity index is 949. The van der Waals surface area contributed by atoms with E-state index >= 15 is 0 Å². The molecule has 1 aromatic heterocycles. The summed E-state index contributed by atoms with van der Waals surface area (Å²) in [7, 11) is 3.93. The van der Waals surface area contributed by atoms with E-state index in [0.717, 1.165) is 16.6 Å². The van der Waals surface area contributed by atoms with Gasteiger partial charge in [-0.15, -0.1) is 0 Å². The molecule has 5 heteroatoms. The van der Waals surface area contributed by atoms with Gasteiger partial charge in [-0.3, -0.25) is 4.79 Å². The van der Waals surface area contributed by atoms with Crippen LogP contribution >= 0.6 is 0 Å². The Kier molecular flexibility index (Phi) is 4.21. The van der Waals surface area contributed by atoms with Gasteiger partial charge in [0, 0.05) is 36.8 Å². The molecule has 0 unspecified atom stereocenters. The topological polar surface area (TPSA) is 45.7 Å². The lowest BCUT2D eigenvalue weighted by Crippen LogP contribution is -2.56. The van der Waals surface area contributed by atoms with Crippen molar-refractivity contribution in [3.63, 3.8) is 0 Å². The van der Waals surface area contributed by atoms with Gasteiger partial charge in [0.05, 0.1) is 18.6 Å². The number of pyridine rings is 1. The maximum Gasteiger partial charge on any atom is 0.254 e. The van der Waals surface area contributed by atoms with E-state index < -0.39 is 0 Å². The van der Waals surface area contributed by atoms with Crippen molar-refractivity contribution < 1.29 is 9.53 Å². The molecule has 2 aromatic carbocycles. The van der Waals surface area contributed by atoms with Gasteiger partial charge in [0.2, 0.25) is 5.88 Å². The first kappa shape index (κ1) is 16.4. The zero-order chi connectivity index (χ0) is 18.1. The third-order valence-corrected chi connectivity index (χ3v) is 4.61. The Labute approximate surface area is 152 Å². The minimum Gasteiger partial charge on any atom is -0.471 e. The molecule has 0 spiro atoms. The van der Waals surface area contributed by atoms with E-state index in [1.165, 1.54) is 0 Å². The first-order valence-corrected chi connectivity index (χ1v) is 8.69. The van der Waals surface area contributed by atoms with Crippen LogP contribution in [0.15, 0.2) is 60.7 Å². The number of ether oxygens (including phenoxy) is 1. The highest BCUT2D eigenvalue weighted by atomic mass is 16.5. The maximum absolute atomic E-state index is 12.6. The van der Waals surface area contributed by atoms with Gasteiger partial charge < -0.3 is 14.5 Å². The number of nitrogens with zero attached hydrogens (tertiary/aromatic N) is 3. The Balaban J connectivity index is 1.38.